The fraction of sp³-hybridized carbons (Fsp3) is 0.200. The number of methoxy groups -OCH3 is 1. The molecule has 1 aromatic heterocycles. The van der Waals surface area contributed by atoms with Crippen LogP contribution in [0.5, 0.6) is 0 Å². The van der Waals surface area contributed by atoms with Gasteiger partial charge in [-0.2, -0.15) is 0 Å². The number of esters is 1. The molecule has 1 aliphatic carbocycles. The quantitative estimate of drug-likeness (QED) is 0.621. The van der Waals surface area contributed by atoms with Gasteiger partial charge in [-0.15, -0.1) is 0 Å². The van der Waals surface area contributed by atoms with Gasteiger partial charge in [-0.05, 0) is 36.1 Å². The van der Waals surface area contributed by atoms with E-state index < -0.39 is 5.97 Å². The van der Waals surface area contributed by atoms with Gasteiger partial charge < -0.3 is 15.0 Å². The molecule has 1 heterocycles. The van der Waals surface area contributed by atoms with E-state index in [-0.39, 0.29) is 23.4 Å². The van der Waals surface area contributed by atoms with Crippen LogP contribution in [0.25, 0.3) is 10.9 Å². The van der Waals surface area contributed by atoms with Gasteiger partial charge in [-0.25, -0.2) is 4.79 Å². The van der Waals surface area contributed by atoms with E-state index in [0.29, 0.717) is 5.69 Å². The number of nitrogens with one attached hydrogen (secondary N) is 2. The second-order valence-corrected chi connectivity index (χ2v) is 7.32. The molecule has 6 heteroatoms. The SMILES string of the molecule is COC(=O)c1[nH]c2ccc(Br)cc2c1NC(=O)[C@H]1C[C@H]1c1ccccc1. The summed E-state index contributed by atoms with van der Waals surface area (Å²) in [7, 11) is 1.32. The van der Waals surface area contributed by atoms with Crippen LogP contribution in [0.15, 0.2) is 53.0 Å². The highest BCUT2D eigenvalue weighted by Crippen LogP contribution is 2.48. The van der Waals surface area contributed by atoms with Crippen molar-refractivity contribution >= 4 is 44.4 Å². The number of aromatic nitrogens is 1. The lowest BCUT2D eigenvalue weighted by Gasteiger charge is -2.07. The van der Waals surface area contributed by atoms with E-state index in [4.69, 9.17) is 4.74 Å². The maximum atomic E-state index is 12.8. The summed E-state index contributed by atoms with van der Waals surface area (Å²) >= 11 is 3.43. The second kappa shape index (κ2) is 6.61. The summed E-state index contributed by atoms with van der Waals surface area (Å²) in [5.41, 5.74) is 2.66. The van der Waals surface area contributed by atoms with Gasteiger partial charge in [-0.3, -0.25) is 4.79 Å². The van der Waals surface area contributed by atoms with Gasteiger partial charge in [0.2, 0.25) is 5.91 Å². The highest BCUT2D eigenvalue weighted by Gasteiger charge is 2.44. The Morgan fingerprint density at radius 1 is 1.19 bits per heavy atom. The third-order valence-electron chi connectivity index (χ3n) is 4.75. The predicted octanol–water partition coefficient (Wildman–Crippen LogP) is 4.46. The monoisotopic (exact) mass is 412 g/mol. The number of ether oxygens (including phenoxy) is 1. The molecule has 0 unspecified atom stereocenters. The van der Waals surface area contributed by atoms with Crippen molar-refractivity contribution in [3.8, 4) is 0 Å². The van der Waals surface area contributed by atoms with E-state index in [0.717, 1.165) is 21.8 Å². The number of carbonyl (C=O) groups is 2. The number of halogens is 1. The fourth-order valence-corrected chi connectivity index (χ4v) is 3.68. The van der Waals surface area contributed by atoms with Crippen LogP contribution in [0.1, 0.15) is 28.4 Å². The summed E-state index contributed by atoms with van der Waals surface area (Å²) in [5.74, 6) is -0.442. The molecule has 2 aromatic carbocycles. The molecule has 1 aliphatic rings. The predicted molar refractivity (Wildman–Crippen MR) is 103 cm³/mol. The van der Waals surface area contributed by atoms with Gasteiger partial charge >= 0.3 is 5.97 Å². The zero-order valence-corrected chi connectivity index (χ0v) is 15.7. The lowest BCUT2D eigenvalue weighted by Crippen LogP contribution is -2.17. The van der Waals surface area contributed by atoms with Crippen LogP contribution >= 0.6 is 15.9 Å². The van der Waals surface area contributed by atoms with E-state index >= 15 is 0 Å². The Balaban J connectivity index is 1.63. The maximum Gasteiger partial charge on any atom is 0.356 e. The first-order valence-electron chi connectivity index (χ1n) is 8.34. The van der Waals surface area contributed by atoms with Crippen molar-refractivity contribution < 1.29 is 14.3 Å². The summed E-state index contributed by atoms with van der Waals surface area (Å²) in [4.78, 5) is 27.9. The molecule has 5 nitrogen and oxygen atoms in total. The Morgan fingerprint density at radius 3 is 2.69 bits per heavy atom. The number of hydrogen-bond donors (Lipinski definition) is 2. The molecule has 1 saturated carbocycles. The van der Waals surface area contributed by atoms with Gasteiger partial charge in [0.15, 0.2) is 0 Å². The lowest BCUT2D eigenvalue weighted by molar-refractivity contribution is -0.117. The molecule has 0 aliphatic heterocycles. The van der Waals surface area contributed by atoms with Gasteiger partial charge in [0.05, 0.1) is 12.8 Å². The van der Waals surface area contributed by atoms with E-state index in [1.807, 2.05) is 48.5 Å². The number of anilines is 1. The van der Waals surface area contributed by atoms with E-state index in [2.05, 4.69) is 26.2 Å². The van der Waals surface area contributed by atoms with Crippen molar-refractivity contribution in [2.75, 3.05) is 12.4 Å². The Hall–Kier alpha value is -2.60. The van der Waals surface area contributed by atoms with Crippen molar-refractivity contribution in [1.82, 2.24) is 4.98 Å². The third kappa shape index (κ3) is 3.01. The molecule has 2 N–H and O–H groups in total. The minimum Gasteiger partial charge on any atom is -0.464 e. The molecular formula is C20H17BrN2O3. The summed E-state index contributed by atoms with van der Waals surface area (Å²) in [6.45, 7) is 0. The molecule has 26 heavy (non-hydrogen) atoms. The van der Waals surface area contributed by atoms with Gasteiger partial charge in [-0.1, -0.05) is 46.3 Å². The first kappa shape index (κ1) is 16.8. The largest absolute Gasteiger partial charge is 0.464 e. The number of H-pyrrole nitrogens is 1. The van der Waals surface area contributed by atoms with Crippen molar-refractivity contribution in [2.24, 2.45) is 5.92 Å². The Kier molecular flexibility index (Phi) is 4.28. The second-order valence-electron chi connectivity index (χ2n) is 6.41. The number of fused-ring (bicyclic) bond motifs is 1. The van der Waals surface area contributed by atoms with Crippen molar-refractivity contribution in [3.63, 3.8) is 0 Å². The van der Waals surface area contributed by atoms with E-state index in [1.54, 1.807) is 0 Å². The van der Waals surface area contributed by atoms with Crippen molar-refractivity contribution in [1.29, 1.82) is 0 Å². The number of rotatable bonds is 4. The van der Waals surface area contributed by atoms with Crippen LogP contribution in [0.3, 0.4) is 0 Å². The van der Waals surface area contributed by atoms with Crippen LogP contribution in [0.2, 0.25) is 0 Å². The Morgan fingerprint density at radius 2 is 1.96 bits per heavy atom. The Bertz CT molecular complexity index is 997. The molecule has 0 radical (unpaired) electrons. The topological polar surface area (TPSA) is 71.2 Å². The van der Waals surface area contributed by atoms with E-state index in [9.17, 15) is 9.59 Å². The normalized spacial score (nSPS) is 18.5. The standard InChI is InChI=1S/C20H17BrN2O3/c1-26-20(25)18-17(15-9-12(21)7-8-16(15)22-18)23-19(24)14-10-13(14)11-5-3-2-4-6-11/h2-9,13-14,22H,10H2,1H3,(H,23,24)/t13-,14-/m0/s1. The summed E-state index contributed by atoms with van der Waals surface area (Å²) in [6.07, 6.45) is 0.815. The number of hydrogen-bond acceptors (Lipinski definition) is 3. The molecular weight excluding hydrogens is 396 g/mol. The van der Waals surface area contributed by atoms with Crippen molar-refractivity contribution in [3.05, 3.63) is 64.3 Å². The first-order chi connectivity index (χ1) is 12.6. The van der Waals surface area contributed by atoms with Gasteiger partial charge in [0.1, 0.15) is 5.69 Å². The molecule has 3 aromatic rings. The molecule has 0 spiro atoms. The molecule has 2 atom stereocenters. The molecule has 4 rings (SSSR count). The van der Waals surface area contributed by atoms with Crippen molar-refractivity contribution in [2.45, 2.75) is 12.3 Å². The maximum absolute atomic E-state index is 12.8. The minimum atomic E-state index is -0.511. The number of carbonyl (C=O) groups excluding carboxylic acids is 2. The smallest absolute Gasteiger partial charge is 0.356 e. The fourth-order valence-electron chi connectivity index (χ4n) is 3.32. The first-order valence-corrected chi connectivity index (χ1v) is 9.13. The molecule has 1 fully saturated rings. The third-order valence-corrected chi connectivity index (χ3v) is 5.25. The number of aromatic amines is 1. The van der Waals surface area contributed by atoms with Crippen LogP contribution in [-0.4, -0.2) is 24.0 Å². The minimum absolute atomic E-state index is 0.0788. The highest BCUT2D eigenvalue weighted by atomic mass is 79.9. The van der Waals surface area contributed by atoms with Crippen LogP contribution < -0.4 is 5.32 Å². The van der Waals surface area contributed by atoms with Crippen LogP contribution in [-0.2, 0) is 9.53 Å². The summed E-state index contributed by atoms with van der Waals surface area (Å²) < 4.78 is 5.72. The Labute approximate surface area is 158 Å². The van der Waals surface area contributed by atoms with Gasteiger partial charge in [0.25, 0.3) is 0 Å². The lowest BCUT2D eigenvalue weighted by atomic mass is 10.1. The average molecular weight is 413 g/mol. The van der Waals surface area contributed by atoms with E-state index in [1.165, 1.54) is 12.7 Å². The number of benzene rings is 2. The number of amides is 1. The zero-order chi connectivity index (χ0) is 18.3. The molecule has 132 valence electrons. The average Bonchev–Trinajstić information content (AvgIpc) is 3.40. The van der Waals surface area contributed by atoms with Crippen LogP contribution in [0.4, 0.5) is 5.69 Å². The molecule has 1 amide bonds. The highest BCUT2D eigenvalue weighted by molar-refractivity contribution is 9.10. The summed E-state index contributed by atoms with van der Waals surface area (Å²) in [6, 6.07) is 15.6. The molecule has 0 bridgehead atoms. The van der Waals surface area contributed by atoms with Gasteiger partial charge in [0, 0.05) is 21.3 Å². The molecule has 0 saturated heterocycles. The van der Waals surface area contributed by atoms with Crippen LogP contribution in [0, 0.1) is 5.92 Å². The summed E-state index contributed by atoms with van der Waals surface area (Å²) in [5, 5.41) is 3.71. The zero-order valence-electron chi connectivity index (χ0n) is 14.1.